The van der Waals surface area contributed by atoms with E-state index in [0.717, 1.165) is 24.9 Å². The molecule has 11 heteroatoms. The van der Waals surface area contributed by atoms with Gasteiger partial charge in [-0.25, -0.2) is 10.1 Å². The number of carbonyl (C=O) groups excluding carboxylic acids is 1. The van der Waals surface area contributed by atoms with E-state index in [4.69, 9.17) is 10.4 Å². The molecule has 3 N–H and O–H groups in total. The van der Waals surface area contributed by atoms with Crippen LogP contribution < -0.4 is 11.2 Å². The molecule has 174 valence electrons. The number of nitrogens with one attached hydrogen (secondary N) is 1. The van der Waals surface area contributed by atoms with Gasteiger partial charge in [0.25, 0.3) is 5.91 Å². The summed E-state index contributed by atoms with van der Waals surface area (Å²) in [5, 5.41) is 19.7. The fourth-order valence-electron chi connectivity index (χ4n) is 3.90. The number of carbonyl (C=O) groups is 1. The summed E-state index contributed by atoms with van der Waals surface area (Å²) in [5.41, 5.74) is 11.3. The van der Waals surface area contributed by atoms with Gasteiger partial charge in [0.1, 0.15) is 0 Å². The predicted molar refractivity (Wildman–Crippen MR) is 123 cm³/mol. The highest BCUT2D eigenvalue weighted by molar-refractivity contribution is 5.94. The molecule has 1 amide bonds. The van der Waals surface area contributed by atoms with Gasteiger partial charge in [0.2, 0.25) is 11.6 Å². The summed E-state index contributed by atoms with van der Waals surface area (Å²) in [6, 6.07) is 8.40. The zero-order chi connectivity index (χ0) is 23.4. The Morgan fingerprint density at radius 2 is 2.09 bits per heavy atom. The van der Waals surface area contributed by atoms with E-state index >= 15 is 0 Å². The molecule has 3 heterocycles. The van der Waals surface area contributed by atoms with E-state index in [2.05, 4.69) is 56.8 Å². The van der Waals surface area contributed by atoms with Crippen LogP contribution in [0.3, 0.4) is 0 Å². The predicted octanol–water partition coefficient (Wildman–Crippen LogP) is 2.49. The zero-order valence-corrected chi connectivity index (χ0v) is 19.1. The van der Waals surface area contributed by atoms with Crippen molar-refractivity contribution in [2.24, 2.45) is 5.10 Å². The highest BCUT2D eigenvalue weighted by atomic mass is 16.6. The Bertz CT molecular complexity index is 1120. The van der Waals surface area contributed by atoms with Crippen molar-refractivity contribution in [2.45, 2.75) is 58.5 Å². The first-order valence-corrected chi connectivity index (χ1v) is 11.1. The van der Waals surface area contributed by atoms with Crippen LogP contribution in [0.1, 0.15) is 73.3 Å². The first-order valence-electron chi connectivity index (χ1n) is 11.1. The number of rotatable bonds is 7. The van der Waals surface area contributed by atoms with Crippen LogP contribution in [-0.4, -0.2) is 54.9 Å². The maximum absolute atomic E-state index is 12.9. The van der Waals surface area contributed by atoms with Gasteiger partial charge in [-0.1, -0.05) is 49.7 Å². The molecule has 3 aromatic rings. The minimum absolute atomic E-state index is 0.0719. The van der Waals surface area contributed by atoms with Crippen molar-refractivity contribution in [1.82, 2.24) is 35.6 Å². The number of likely N-dealkylation sites (tertiary alicyclic amines) is 1. The Hall–Kier alpha value is -3.60. The van der Waals surface area contributed by atoms with Crippen LogP contribution in [0.4, 0.5) is 5.82 Å². The van der Waals surface area contributed by atoms with Gasteiger partial charge in [0.05, 0.1) is 11.9 Å². The second-order valence-electron chi connectivity index (χ2n) is 8.61. The summed E-state index contributed by atoms with van der Waals surface area (Å²) in [6.45, 7) is 7.84. The number of anilines is 1. The highest BCUT2D eigenvalue weighted by Crippen LogP contribution is 2.22. The van der Waals surface area contributed by atoms with Gasteiger partial charge in [0, 0.05) is 12.6 Å². The van der Waals surface area contributed by atoms with E-state index in [1.165, 1.54) is 16.7 Å². The molecule has 0 aliphatic carbocycles. The molecule has 1 atom stereocenters. The molecule has 1 aliphatic heterocycles. The lowest BCUT2D eigenvalue weighted by Gasteiger charge is -2.33. The lowest BCUT2D eigenvalue weighted by Crippen LogP contribution is -2.38. The van der Waals surface area contributed by atoms with Crippen LogP contribution in [0.25, 0.3) is 5.82 Å². The molecular weight excluding hydrogens is 422 g/mol. The quantitative estimate of drug-likeness (QED) is 0.412. The topological polar surface area (TPSA) is 140 Å². The van der Waals surface area contributed by atoms with E-state index < -0.39 is 5.91 Å². The number of benzene rings is 1. The van der Waals surface area contributed by atoms with Crippen LogP contribution >= 0.6 is 0 Å². The average Bonchev–Trinajstić information content (AvgIpc) is 3.41. The van der Waals surface area contributed by atoms with Gasteiger partial charge in [-0.2, -0.15) is 9.78 Å². The summed E-state index contributed by atoms with van der Waals surface area (Å²) in [4.78, 5) is 15.2. The van der Waals surface area contributed by atoms with E-state index in [-0.39, 0.29) is 17.3 Å². The highest BCUT2D eigenvalue weighted by Gasteiger charge is 2.28. The van der Waals surface area contributed by atoms with Crippen molar-refractivity contribution in [1.29, 1.82) is 0 Å². The molecule has 1 aliphatic rings. The number of hydrazone groups is 1. The minimum atomic E-state index is -0.467. The van der Waals surface area contributed by atoms with E-state index in [9.17, 15) is 4.79 Å². The number of hydrogen-bond acceptors (Lipinski definition) is 9. The van der Waals surface area contributed by atoms with Gasteiger partial charge in [-0.15, -0.1) is 5.10 Å². The Morgan fingerprint density at radius 3 is 2.76 bits per heavy atom. The number of nitrogens with two attached hydrogens (primary N) is 1. The van der Waals surface area contributed by atoms with Crippen molar-refractivity contribution < 1.29 is 9.42 Å². The van der Waals surface area contributed by atoms with E-state index in [1.54, 1.807) is 6.21 Å². The Kier molecular flexibility index (Phi) is 6.78. The maximum Gasteiger partial charge on any atom is 0.293 e. The minimum Gasteiger partial charge on any atom is -0.378 e. The SMILES string of the molecule is CC(C)c1ccc(/C=N/NC(=O)c2nnn(-c3nonc3N)c2CN2CCCC[C@H]2C)cc1. The largest absolute Gasteiger partial charge is 0.378 e. The molecule has 2 aromatic heterocycles. The van der Waals surface area contributed by atoms with Crippen LogP contribution in [0.2, 0.25) is 0 Å². The Morgan fingerprint density at radius 1 is 1.30 bits per heavy atom. The standard InChI is InChI=1S/C22H29N9O2/c1-14(2)17-9-7-16(8-10-17)12-24-26-22(32)19-18(13-30-11-5-4-6-15(30)3)31(29-25-19)21-20(23)27-33-28-21/h7-10,12,14-15H,4-6,11,13H2,1-3H3,(H2,23,27)(H,26,32)/b24-12+/t15-/m1/s1. The summed E-state index contributed by atoms with van der Waals surface area (Å²) >= 11 is 0. The molecule has 1 saturated heterocycles. The van der Waals surface area contributed by atoms with Gasteiger partial charge in [0.15, 0.2) is 5.69 Å². The molecule has 0 radical (unpaired) electrons. The Labute approximate surface area is 192 Å². The van der Waals surface area contributed by atoms with E-state index in [1.807, 2.05) is 24.3 Å². The average molecular weight is 452 g/mol. The second-order valence-corrected chi connectivity index (χ2v) is 8.61. The van der Waals surface area contributed by atoms with Crippen LogP contribution in [0.5, 0.6) is 0 Å². The third kappa shape index (κ3) is 5.08. The smallest absolute Gasteiger partial charge is 0.293 e. The van der Waals surface area contributed by atoms with Crippen molar-refractivity contribution in [3.63, 3.8) is 0 Å². The molecule has 33 heavy (non-hydrogen) atoms. The summed E-state index contributed by atoms with van der Waals surface area (Å²) in [7, 11) is 0. The van der Waals surface area contributed by atoms with Crippen molar-refractivity contribution in [3.8, 4) is 5.82 Å². The third-order valence-electron chi connectivity index (χ3n) is 5.95. The Balaban J connectivity index is 1.55. The van der Waals surface area contributed by atoms with Crippen LogP contribution in [0.15, 0.2) is 34.0 Å². The normalized spacial score (nSPS) is 17.2. The number of hydrogen-bond donors (Lipinski definition) is 2. The maximum atomic E-state index is 12.9. The van der Waals surface area contributed by atoms with Crippen molar-refractivity contribution in [3.05, 3.63) is 46.8 Å². The first kappa shape index (κ1) is 22.6. The molecule has 0 saturated carbocycles. The number of amides is 1. The lowest BCUT2D eigenvalue weighted by atomic mass is 10.0. The van der Waals surface area contributed by atoms with Gasteiger partial charge in [-0.3, -0.25) is 9.69 Å². The molecule has 1 aromatic carbocycles. The fourth-order valence-corrected chi connectivity index (χ4v) is 3.90. The van der Waals surface area contributed by atoms with Crippen molar-refractivity contribution >= 4 is 17.9 Å². The molecule has 11 nitrogen and oxygen atoms in total. The molecule has 0 unspecified atom stereocenters. The second kappa shape index (κ2) is 9.90. The van der Waals surface area contributed by atoms with Crippen LogP contribution in [0, 0.1) is 0 Å². The zero-order valence-electron chi connectivity index (χ0n) is 19.1. The molecular formula is C22H29N9O2. The summed E-state index contributed by atoms with van der Waals surface area (Å²) in [6.07, 6.45) is 4.98. The van der Waals surface area contributed by atoms with E-state index in [0.29, 0.717) is 24.2 Å². The molecule has 0 spiro atoms. The summed E-state index contributed by atoms with van der Waals surface area (Å²) < 4.78 is 6.13. The molecule has 1 fully saturated rings. The molecule has 4 rings (SSSR count). The molecule has 0 bridgehead atoms. The number of aromatic nitrogens is 5. The third-order valence-corrected chi connectivity index (χ3v) is 5.95. The van der Waals surface area contributed by atoms with Gasteiger partial charge < -0.3 is 5.73 Å². The first-order chi connectivity index (χ1) is 15.9. The number of piperidine rings is 1. The van der Waals surface area contributed by atoms with Gasteiger partial charge >= 0.3 is 0 Å². The monoisotopic (exact) mass is 451 g/mol. The fraction of sp³-hybridized carbons (Fsp3) is 0.455. The number of nitrogens with zero attached hydrogens (tertiary/aromatic N) is 7. The number of nitrogen functional groups attached to an aromatic ring is 1. The van der Waals surface area contributed by atoms with Crippen molar-refractivity contribution in [2.75, 3.05) is 12.3 Å². The van der Waals surface area contributed by atoms with Crippen LogP contribution in [-0.2, 0) is 6.54 Å². The lowest BCUT2D eigenvalue weighted by molar-refractivity contribution is 0.0945. The van der Waals surface area contributed by atoms with Gasteiger partial charge in [-0.05, 0) is 53.7 Å². The summed E-state index contributed by atoms with van der Waals surface area (Å²) in [5.74, 6) is 0.261.